The Morgan fingerprint density at radius 3 is 2.53 bits per heavy atom. The van der Waals surface area contributed by atoms with Gasteiger partial charge in [0.1, 0.15) is 12.2 Å². The van der Waals surface area contributed by atoms with Crippen LogP contribution >= 0.6 is 0 Å². The van der Waals surface area contributed by atoms with Gasteiger partial charge in [-0.25, -0.2) is 0 Å². The van der Waals surface area contributed by atoms with Crippen molar-refractivity contribution in [2.24, 2.45) is 5.92 Å². The van der Waals surface area contributed by atoms with E-state index in [-0.39, 0.29) is 18.4 Å². The van der Waals surface area contributed by atoms with Crippen LogP contribution in [0, 0.1) is 17.2 Å². The summed E-state index contributed by atoms with van der Waals surface area (Å²) in [7, 11) is 0. The summed E-state index contributed by atoms with van der Waals surface area (Å²) in [5, 5.41) is 39.7. The lowest BCUT2D eigenvalue weighted by atomic mass is 9.88. The number of rotatable bonds is 9. The summed E-state index contributed by atoms with van der Waals surface area (Å²) >= 11 is 0. The van der Waals surface area contributed by atoms with Crippen LogP contribution in [-0.4, -0.2) is 52.0 Å². The van der Waals surface area contributed by atoms with E-state index in [2.05, 4.69) is 43.9 Å². The highest BCUT2D eigenvalue weighted by Crippen LogP contribution is 2.34. The van der Waals surface area contributed by atoms with Crippen LogP contribution in [0.2, 0.25) is 0 Å². The number of nitrogens with zero attached hydrogens (tertiary/aromatic N) is 2. The molecule has 0 radical (unpaired) electrons. The van der Waals surface area contributed by atoms with Crippen molar-refractivity contribution in [2.75, 3.05) is 11.5 Å². The number of fused-ring (bicyclic) bond motifs is 1. The molecule has 182 valence electrons. The Kier molecular flexibility index (Phi) is 8.84. The summed E-state index contributed by atoms with van der Waals surface area (Å²) in [4.78, 5) is 15.0. The average Bonchev–Trinajstić information content (AvgIpc) is 2.84. The van der Waals surface area contributed by atoms with Crippen molar-refractivity contribution in [1.29, 1.82) is 5.26 Å². The molecule has 1 fully saturated rings. The van der Waals surface area contributed by atoms with Gasteiger partial charge in [-0.15, -0.1) is 0 Å². The van der Waals surface area contributed by atoms with Crippen LogP contribution in [0.3, 0.4) is 0 Å². The van der Waals surface area contributed by atoms with Crippen molar-refractivity contribution in [1.82, 2.24) is 0 Å². The van der Waals surface area contributed by atoms with E-state index in [4.69, 9.17) is 5.11 Å². The molecule has 0 amide bonds. The predicted octanol–water partition coefficient (Wildman–Crippen LogP) is 4.21. The number of allylic oxidation sites excluding steroid dienone is 1. The van der Waals surface area contributed by atoms with Gasteiger partial charge in [0, 0.05) is 24.2 Å². The SMILES string of the molecule is CC(C)C1CCCC(C)N1c1ccc2cc(/C=C(\C#N)C(=O)CCC(O)C(O)CO)ccc2c1. The zero-order chi connectivity index (χ0) is 24.8. The molecule has 0 aliphatic carbocycles. The van der Waals surface area contributed by atoms with Crippen LogP contribution in [0.1, 0.15) is 58.4 Å². The molecule has 3 rings (SSSR count). The Morgan fingerprint density at radius 1 is 1.15 bits per heavy atom. The van der Waals surface area contributed by atoms with Crippen molar-refractivity contribution < 1.29 is 20.1 Å². The molecule has 1 saturated heterocycles. The fourth-order valence-corrected chi connectivity index (χ4v) is 4.90. The lowest BCUT2D eigenvalue weighted by molar-refractivity contribution is -0.116. The van der Waals surface area contributed by atoms with Crippen LogP contribution in [0.5, 0.6) is 0 Å². The van der Waals surface area contributed by atoms with Crippen LogP contribution < -0.4 is 4.90 Å². The Bertz CT molecular complexity index is 1070. The molecule has 4 unspecified atom stereocenters. The average molecular weight is 465 g/mol. The van der Waals surface area contributed by atoms with E-state index >= 15 is 0 Å². The highest BCUT2D eigenvalue weighted by atomic mass is 16.4. The van der Waals surface area contributed by atoms with Crippen molar-refractivity contribution >= 4 is 28.3 Å². The highest BCUT2D eigenvalue weighted by Gasteiger charge is 2.30. The number of piperidine rings is 1. The first-order valence-corrected chi connectivity index (χ1v) is 12.2. The second-order valence-electron chi connectivity index (χ2n) is 9.74. The van der Waals surface area contributed by atoms with Gasteiger partial charge >= 0.3 is 0 Å². The van der Waals surface area contributed by atoms with Gasteiger partial charge in [-0.05, 0) is 79.1 Å². The molecule has 4 atom stereocenters. The molecule has 0 bridgehead atoms. The first kappa shape index (κ1) is 25.9. The summed E-state index contributed by atoms with van der Waals surface area (Å²) in [5.41, 5.74) is 1.99. The molecule has 0 aromatic heterocycles. The Balaban J connectivity index is 1.80. The number of hydrogen-bond acceptors (Lipinski definition) is 6. The largest absolute Gasteiger partial charge is 0.394 e. The zero-order valence-corrected chi connectivity index (χ0v) is 20.3. The quantitative estimate of drug-likeness (QED) is 0.379. The van der Waals surface area contributed by atoms with E-state index in [0.29, 0.717) is 18.0 Å². The molecular formula is C28H36N2O4. The van der Waals surface area contributed by atoms with Crippen molar-refractivity contribution in [3.8, 4) is 6.07 Å². The molecule has 6 heteroatoms. The third-order valence-electron chi connectivity index (χ3n) is 6.90. The minimum Gasteiger partial charge on any atom is -0.394 e. The predicted molar refractivity (Wildman–Crippen MR) is 135 cm³/mol. The first-order chi connectivity index (χ1) is 16.2. The summed E-state index contributed by atoms with van der Waals surface area (Å²) in [5.74, 6) is 0.182. The van der Waals surface area contributed by atoms with Gasteiger partial charge in [-0.3, -0.25) is 4.79 Å². The molecule has 0 spiro atoms. The minimum absolute atomic E-state index is 0.00331. The summed E-state index contributed by atoms with van der Waals surface area (Å²) in [6.45, 7) is 6.30. The number of benzene rings is 2. The molecule has 2 aromatic carbocycles. The van der Waals surface area contributed by atoms with E-state index in [1.54, 1.807) is 6.08 Å². The van der Waals surface area contributed by atoms with Crippen LogP contribution in [0.25, 0.3) is 16.8 Å². The second-order valence-corrected chi connectivity index (χ2v) is 9.74. The fourth-order valence-electron chi connectivity index (χ4n) is 4.90. The van der Waals surface area contributed by atoms with Gasteiger partial charge in [0.25, 0.3) is 0 Å². The van der Waals surface area contributed by atoms with Crippen LogP contribution in [0.15, 0.2) is 42.0 Å². The molecule has 6 nitrogen and oxygen atoms in total. The van der Waals surface area contributed by atoms with E-state index < -0.39 is 24.6 Å². The van der Waals surface area contributed by atoms with E-state index in [0.717, 1.165) is 16.3 Å². The maximum atomic E-state index is 12.4. The van der Waals surface area contributed by atoms with Crippen molar-refractivity contribution in [3.05, 3.63) is 47.5 Å². The molecule has 2 aromatic rings. The molecule has 1 heterocycles. The maximum absolute atomic E-state index is 12.4. The van der Waals surface area contributed by atoms with Gasteiger partial charge in [0.2, 0.25) is 0 Å². The smallest absolute Gasteiger partial charge is 0.173 e. The normalized spacial score (nSPS) is 20.9. The van der Waals surface area contributed by atoms with Crippen LogP contribution in [-0.2, 0) is 4.79 Å². The number of aliphatic hydroxyl groups excluding tert-OH is 3. The molecule has 3 N–H and O–H groups in total. The lowest BCUT2D eigenvalue weighted by Crippen LogP contribution is -2.48. The van der Waals surface area contributed by atoms with Gasteiger partial charge in [0.15, 0.2) is 5.78 Å². The number of nitriles is 1. The zero-order valence-electron chi connectivity index (χ0n) is 20.3. The van der Waals surface area contributed by atoms with E-state index in [9.17, 15) is 20.3 Å². The Morgan fingerprint density at radius 2 is 1.85 bits per heavy atom. The van der Waals surface area contributed by atoms with E-state index in [1.807, 2.05) is 24.3 Å². The van der Waals surface area contributed by atoms with Crippen molar-refractivity contribution in [3.63, 3.8) is 0 Å². The standard InChI is InChI=1S/C28H36N2O4/c1-18(2)25-6-4-5-19(3)30(25)24-10-9-21-13-20(7-8-22(21)15-24)14-23(16-29)26(32)11-12-27(33)28(34)17-31/h7-10,13-15,18-19,25,27-28,31,33-34H,4-6,11-12,17H2,1-3H3/b23-14+. The number of ketones is 1. The molecule has 1 aliphatic heterocycles. The topological polar surface area (TPSA) is 105 Å². The summed E-state index contributed by atoms with van der Waals surface area (Å²) in [6.07, 6.45) is 2.64. The van der Waals surface area contributed by atoms with Crippen LogP contribution in [0.4, 0.5) is 5.69 Å². The number of anilines is 1. The number of Topliss-reactive ketones (excluding diaryl/α,β-unsaturated/α-hetero) is 1. The number of carbonyl (C=O) groups is 1. The summed E-state index contributed by atoms with van der Waals surface area (Å²) in [6, 6.07) is 15.4. The fraction of sp³-hybridized carbons (Fsp3) is 0.500. The van der Waals surface area contributed by atoms with Crippen molar-refractivity contribution in [2.45, 2.75) is 77.2 Å². The van der Waals surface area contributed by atoms with Gasteiger partial charge < -0.3 is 20.2 Å². The number of hydrogen-bond donors (Lipinski definition) is 3. The lowest BCUT2D eigenvalue weighted by Gasteiger charge is -2.44. The molecular weight excluding hydrogens is 428 g/mol. The molecule has 34 heavy (non-hydrogen) atoms. The third kappa shape index (κ3) is 6.04. The second kappa shape index (κ2) is 11.6. The van der Waals surface area contributed by atoms with Gasteiger partial charge in [0.05, 0.1) is 18.3 Å². The Labute approximate surface area is 202 Å². The number of aliphatic hydroxyl groups is 3. The highest BCUT2D eigenvalue weighted by molar-refractivity contribution is 6.03. The third-order valence-corrected chi connectivity index (χ3v) is 6.90. The number of carbonyl (C=O) groups excluding carboxylic acids is 1. The monoisotopic (exact) mass is 464 g/mol. The molecule has 0 saturated carbocycles. The summed E-state index contributed by atoms with van der Waals surface area (Å²) < 4.78 is 0. The van der Waals surface area contributed by atoms with Gasteiger partial charge in [-0.1, -0.05) is 32.0 Å². The van der Waals surface area contributed by atoms with Gasteiger partial charge in [-0.2, -0.15) is 5.26 Å². The Hall–Kier alpha value is -2.72. The maximum Gasteiger partial charge on any atom is 0.173 e. The van der Waals surface area contributed by atoms with E-state index in [1.165, 1.54) is 24.9 Å². The molecule has 1 aliphatic rings. The minimum atomic E-state index is -1.29. The first-order valence-electron chi connectivity index (χ1n) is 12.2.